The van der Waals surface area contributed by atoms with E-state index in [0.29, 0.717) is 11.4 Å². The van der Waals surface area contributed by atoms with Crippen LogP contribution in [0.3, 0.4) is 0 Å². The Balaban J connectivity index is 2.09. The molecule has 0 aliphatic carbocycles. The number of thioether (sulfide) groups is 1. The normalized spacial score (nSPS) is 14.2. The van der Waals surface area contributed by atoms with Gasteiger partial charge in [-0.05, 0) is 18.2 Å². The van der Waals surface area contributed by atoms with Crippen molar-refractivity contribution in [3.63, 3.8) is 0 Å². The second-order valence-corrected chi connectivity index (χ2v) is 4.57. The summed E-state index contributed by atoms with van der Waals surface area (Å²) in [5.41, 5.74) is 1.40. The number of aromatic nitrogens is 1. The number of carbonyl (C=O) groups excluding carboxylic acids is 1. The lowest BCUT2D eigenvalue weighted by Gasteiger charge is -2.16. The number of nitrogens with one attached hydrogen (secondary N) is 1. The molecule has 1 aliphatic heterocycles. The number of carbonyl (C=O) groups is 1. The summed E-state index contributed by atoms with van der Waals surface area (Å²) in [4.78, 5) is 23.6. The molecule has 5 nitrogen and oxygen atoms in total. The summed E-state index contributed by atoms with van der Waals surface area (Å²) in [6.07, 6.45) is 2.87. The maximum Gasteiger partial charge on any atom is 0.423 e. The summed E-state index contributed by atoms with van der Waals surface area (Å²) in [7, 11) is 0. The zero-order valence-corrected chi connectivity index (χ0v) is 9.49. The van der Waals surface area contributed by atoms with Crippen LogP contribution >= 0.6 is 11.8 Å². The molecule has 0 saturated heterocycles. The van der Waals surface area contributed by atoms with E-state index in [1.54, 1.807) is 12.3 Å². The molecule has 0 atom stereocenters. The highest BCUT2D eigenvalue weighted by Gasteiger charge is 2.16. The van der Waals surface area contributed by atoms with E-state index in [1.807, 2.05) is 12.1 Å². The number of amides is 1. The fourth-order valence-electron chi connectivity index (χ4n) is 1.68. The van der Waals surface area contributed by atoms with Crippen LogP contribution in [-0.2, 0) is 4.79 Å². The summed E-state index contributed by atoms with van der Waals surface area (Å²) >= 11 is 1.48. The predicted molar refractivity (Wildman–Crippen MR) is 63.7 cm³/mol. The number of oxazole rings is 1. The SMILES string of the molecule is O=C1CSc2ccc(-n3ccoc3=O)cc2N1. The Hall–Kier alpha value is -1.95. The third-order valence-electron chi connectivity index (χ3n) is 2.45. The van der Waals surface area contributed by atoms with Crippen molar-refractivity contribution in [3.05, 3.63) is 41.2 Å². The van der Waals surface area contributed by atoms with Crippen LogP contribution in [0, 0.1) is 0 Å². The monoisotopic (exact) mass is 248 g/mol. The molecule has 6 heteroatoms. The molecule has 1 aromatic heterocycles. The highest BCUT2D eigenvalue weighted by Crippen LogP contribution is 2.32. The maximum atomic E-state index is 11.4. The maximum absolute atomic E-state index is 11.4. The first kappa shape index (κ1) is 10.2. The smallest absolute Gasteiger partial charge is 0.416 e. The predicted octanol–water partition coefficient (Wildman–Crippen LogP) is 1.47. The molecule has 1 aromatic carbocycles. The number of fused-ring (bicyclic) bond motifs is 1. The van der Waals surface area contributed by atoms with Crippen molar-refractivity contribution in [1.82, 2.24) is 4.57 Å². The molecule has 0 unspecified atom stereocenters. The minimum Gasteiger partial charge on any atom is -0.416 e. The van der Waals surface area contributed by atoms with Gasteiger partial charge in [-0.25, -0.2) is 9.36 Å². The van der Waals surface area contributed by atoms with Gasteiger partial charge >= 0.3 is 5.76 Å². The number of hydrogen-bond acceptors (Lipinski definition) is 4. The van der Waals surface area contributed by atoms with Crippen LogP contribution in [0.5, 0.6) is 0 Å². The first-order valence-corrected chi connectivity index (χ1v) is 5.96. The van der Waals surface area contributed by atoms with Crippen molar-refractivity contribution in [2.24, 2.45) is 0 Å². The molecule has 1 N–H and O–H groups in total. The summed E-state index contributed by atoms with van der Waals surface area (Å²) in [5.74, 6) is -0.0446. The molecule has 2 aromatic rings. The van der Waals surface area contributed by atoms with E-state index in [9.17, 15) is 9.59 Å². The average Bonchev–Trinajstić information content (AvgIpc) is 2.74. The van der Waals surface area contributed by atoms with Gasteiger partial charge in [0.2, 0.25) is 5.91 Å². The second kappa shape index (κ2) is 3.81. The fourth-order valence-corrected chi connectivity index (χ4v) is 2.47. The van der Waals surface area contributed by atoms with Crippen LogP contribution in [0.25, 0.3) is 5.69 Å². The molecule has 1 aliphatic rings. The number of nitrogens with zero attached hydrogens (tertiary/aromatic N) is 1. The van der Waals surface area contributed by atoms with Gasteiger partial charge in [-0.2, -0.15) is 0 Å². The van der Waals surface area contributed by atoms with Crippen molar-refractivity contribution in [1.29, 1.82) is 0 Å². The minimum absolute atomic E-state index is 0.0285. The lowest BCUT2D eigenvalue weighted by Crippen LogP contribution is -2.19. The van der Waals surface area contributed by atoms with Gasteiger partial charge in [0.05, 0.1) is 23.3 Å². The van der Waals surface area contributed by atoms with E-state index in [-0.39, 0.29) is 5.91 Å². The fraction of sp³-hybridized carbons (Fsp3) is 0.0909. The lowest BCUT2D eigenvalue weighted by atomic mass is 10.2. The number of hydrogen-bond donors (Lipinski definition) is 1. The number of anilines is 1. The minimum atomic E-state index is -0.445. The van der Waals surface area contributed by atoms with E-state index < -0.39 is 5.76 Å². The third kappa shape index (κ3) is 1.76. The van der Waals surface area contributed by atoms with E-state index in [0.717, 1.165) is 10.6 Å². The lowest BCUT2D eigenvalue weighted by molar-refractivity contribution is -0.113. The van der Waals surface area contributed by atoms with E-state index in [4.69, 9.17) is 4.42 Å². The van der Waals surface area contributed by atoms with Crippen molar-refractivity contribution in [3.8, 4) is 5.69 Å². The zero-order valence-electron chi connectivity index (χ0n) is 8.67. The van der Waals surface area contributed by atoms with Crippen LogP contribution in [0.4, 0.5) is 5.69 Å². The molecule has 0 radical (unpaired) electrons. The Kier molecular flexibility index (Phi) is 2.29. The molecule has 3 rings (SSSR count). The third-order valence-corrected chi connectivity index (χ3v) is 3.52. The van der Waals surface area contributed by atoms with Crippen molar-refractivity contribution >= 4 is 23.4 Å². The molecule has 0 fully saturated rings. The topological polar surface area (TPSA) is 64.2 Å². The van der Waals surface area contributed by atoms with Gasteiger partial charge in [0.1, 0.15) is 6.26 Å². The molecule has 0 spiro atoms. The Morgan fingerprint density at radius 2 is 2.24 bits per heavy atom. The first-order chi connectivity index (χ1) is 8.24. The molecule has 0 saturated carbocycles. The van der Waals surface area contributed by atoms with Gasteiger partial charge in [0.15, 0.2) is 0 Å². The number of rotatable bonds is 1. The Morgan fingerprint density at radius 1 is 1.35 bits per heavy atom. The number of benzene rings is 1. The van der Waals surface area contributed by atoms with Gasteiger partial charge in [-0.15, -0.1) is 11.8 Å². The van der Waals surface area contributed by atoms with Crippen molar-refractivity contribution in [2.45, 2.75) is 4.90 Å². The van der Waals surface area contributed by atoms with Gasteiger partial charge in [-0.1, -0.05) is 0 Å². The quantitative estimate of drug-likeness (QED) is 0.830. The van der Waals surface area contributed by atoms with Crippen LogP contribution < -0.4 is 11.1 Å². The Bertz CT molecular complexity index is 644. The molecule has 2 heterocycles. The van der Waals surface area contributed by atoms with Crippen LogP contribution in [0.15, 0.2) is 44.8 Å². The summed E-state index contributed by atoms with van der Waals surface area (Å²) in [6.45, 7) is 0. The van der Waals surface area contributed by atoms with Crippen molar-refractivity contribution < 1.29 is 9.21 Å². The molecular weight excluding hydrogens is 240 g/mol. The first-order valence-electron chi connectivity index (χ1n) is 4.97. The highest BCUT2D eigenvalue weighted by atomic mass is 32.2. The molecule has 17 heavy (non-hydrogen) atoms. The largest absolute Gasteiger partial charge is 0.423 e. The van der Waals surface area contributed by atoms with Gasteiger partial charge < -0.3 is 9.73 Å². The summed E-state index contributed by atoms with van der Waals surface area (Å²) in [5, 5.41) is 2.78. The second-order valence-electron chi connectivity index (χ2n) is 3.56. The van der Waals surface area contributed by atoms with E-state index in [1.165, 1.54) is 22.6 Å². The molecular formula is C11H8N2O3S. The highest BCUT2D eigenvalue weighted by molar-refractivity contribution is 8.00. The molecule has 1 amide bonds. The average molecular weight is 248 g/mol. The van der Waals surface area contributed by atoms with Gasteiger partial charge in [-0.3, -0.25) is 4.79 Å². The van der Waals surface area contributed by atoms with E-state index >= 15 is 0 Å². The zero-order chi connectivity index (χ0) is 11.8. The standard InChI is InChI=1S/C11H8N2O3S/c14-10-6-17-9-2-1-7(5-8(9)12-10)13-3-4-16-11(13)15/h1-5H,6H2,(H,12,14). The summed E-state index contributed by atoms with van der Waals surface area (Å²) in [6, 6.07) is 5.46. The van der Waals surface area contributed by atoms with Gasteiger partial charge in [0.25, 0.3) is 0 Å². The van der Waals surface area contributed by atoms with E-state index in [2.05, 4.69) is 5.32 Å². The van der Waals surface area contributed by atoms with Crippen molar-refractivity contribution in [2.75, 3.05) is 11.1 Å². The molecule has 0 bridgehead atoms. The van der Waals surface area contributed by atoms with Gasteiger partial charge in [0, 0.05) is 4.90 Å². The van der Waals surface area contributed by atoms with Crippen LogP contribution in [0.2, 0.25) is 0 Å². The van der Waals surface area contributed by atoms with Crippen LogP contribution in [0.1, 0.15) is 0 Å². The summed E-state index contributed by atoms with van der Waals surface area (Å²) < 4.78 is 6.08. The molecule has 86 valence electrons. The van der Waals surface area contributed by atoms with Crippen LogP contribution in [-0.4, -0.2) is 16.2 Å². The Morgan fingerprint density at radius 3 is 3.00 bits per heavy atom. The Labute approximate surface area is 100 Å².